The van der Waals surface area contributed by atoms with Gasteiger partial charge in [-0.25, -0.2) is 0 Å². The Bertz CT molecular complexity index is 1200. The zero-order chi connectivity index (χ0) is 24.1. The quantitative estimate of drug-likeness (QED) is 0.483. The highest BCUT2D eigenvalue weighted by Gasteiger charge is 2.19. The lowest BCUT2D eigenvalue weighted by atomic mass is 10.1. The Labute approximate surface area is 196 Å². The second-order valence-electron chi connectivity index (χ2n) is 7.37. The summed E-state index contributed by atoms with van der Waals surface area (Å²) < 4.78 is 27.2. The van der Waals surface area contributed by atoms with Crippen LogP contribution in [0.3, 0.4) is 0 Å². The van der Waals surface area contributed by atoms with Crippen LogP contribution in [-0.2, 0) is 4.74 Å². The van der Waals surface area contributed by atoms with Crippen molar-refractivity contribution in [1.82, 2.24) is 10.2 Å². The molecule has 1 fully saturated rings. The molecule has 2 N–H and O–H groups in total. The van der Waals surface area contributed by atoms with Crippen LogP contribution < -0.4 is 29.4 Å². The van der Waals surface area contributed by atoms with Crippen LogP contribution in [-0.4, -0.2) is 64.9 Å². The highest BCUT2D eigenvalue weighted by molar-refractivity contribution is 5.76. The van der Waals surface area contributed by atoms with Gasteiger partial charge in [0, 0.05) is 18.7 Å². The topological polar surface area (TPSA) is 123 Å². The Balaban J connectivity index is 1.70. The van der Waals surface area contributed by atoms with Gasteiger partial charge in [-0.2, -0.15) is 5.11 Å². The SMILES string of the molecule is COc1ccc(N=Nc2c(-c3cc(OC)c(OC)c(OC)c3)[nH][nH]c2=O)cc1N1CCOCC1. The van der Waals surface area contributed by atoms with Crippen molar-refractivity contribution < 1.29 is 23.7 Å². The third-order valence-corrected chi connectivity index (χ3v) is 5.49. The highest BCUT2D eigenvalue weighted by Crippen LogP contribution is 2.42. The molecule has 0 aliphatic carbocycles. The molecule has 4 rings (SSSR count). The first-order valence-electron chi connectivity index (χ1n) is 10.6. The molecule has 0 bridgehead atoms. The third kappa shape index (κ3) is 4.55. The Hall–Kier alpha value is -3.99. The zero-order valence-corrected chi connectivity index (χ0v) is 19.5. The van der Waals surface area contributed by atoms with Gasteiger partial charge in [0.15, 0.2) is 17.2 Å². The van der Waals surface area contributed by atoms with E-state index in [4.69, 9.17) is 23.7 Å². The van der Waals surface area contributed by atoms with Crippen molar-refractivity contribution in [3.8, 4) is 34.3 Å². The van der Waals surface area contributed by atoms with Crippen LogP contribution in [0, 0.1) is 0 Å². The third-order valence-electron chi connectivity index (χ3n) is 5.49. The van der Waals surface area contributed by atoms with Gasteiger partial charge in [-0.15, -0.1) is 5.11 Å². The number of anilines is 1. The van der Waals surface area contributed by atoms with Crippen molar-refractivity contribution in [2.24, 2.45) is 10.2 Å². The zero-order valence-electron chi connectivity index (χ0n) is 19.5. The molecule has 1 aromatic heterocycles. The molecule has 2 aromatic carbocycles. The molecule has 11 nitrogen and oxygen atoms in total. The van der Waals surface area contributed by atoms with Crippen molar-refractivity contribution in [2.45, 2.75) is 0 Å². The van der Waals surface area contributed by atoms with Gasteiger partial charge in [0.2, 0.25) is 5.75 Å². The largest absolute Gasteiger partial charge is 0.495 e. The molecular weight excluding hydrogens is 442 g/mol. The average molecular weight is 469 g/mol. The summed E-state index contributed by atoms with van der Waals surface area (Å²) in [5, 5.41) is 14.0. The number of nitrogens with one attached hydrogen (secondary N) is 2. The van der Waals surface area contributed by atoms with E-state index >= 15 is 0 Å². The normalized spacial score (nSPS) is 13.8. The van der Waals surface area contributed by atoms with Crippen LogP contribution in [0.15, 0.2) is 45.4 Å². The molecule has 0 atom stereocenters. The van der Waals surface area contributed by atoms with Gasteiger partial charge in [-0.05, 0) is 30.3 Å². The molecule has 180 valence electrons. The lowest BCUT2D eigenvalue weighted by Crippen LogP contribution is -2.36. The van der Waals surface area contributed by atoms with Crippen LogP contribution >= 0.6 is 0 Å². The molecule has 11 heteroatoms. The summed E-state index contributed by atoms with van der Waals surface area (Å²) in [7, 11) is 6.20. The average Bonchev–Trinajstić information content (AvgIpc) is 3.26. The minimum atomic E-state index is -0.408. The monoisotopic (exact) mass is 469 g/mol. The van der Waals surface area contributed by atoms with E-state index in [0.717, 1.165) is 24.5 Å². The Morgan fingerprint density at radius 2 is 1.53 bits per heavy atom. The molecule has 2 heterocycles. The van der Waals surface area contributed by atoms with Crippen molar-refractivity contribution >= 4 is 17.1 Å². The van der Waals surface area contributed by atoms with Crippen molar-refractivity contribution in [3.05, 3.63) is 40.7 Å². The number of hydrogen-bond donors (Lipinski definition) is 2. The molecule has 0 saturated carbocycles. The number of hydrogen-bond acceptors (Lipinski definition) is 9. The van der Waals surface area contributed by atoms with Gasteiger partial charge in [0.25, 0.3) is 5.56 Å². The van der Waals surface area contributed by atoms with E-state index in [2.05, 4.69) is 25.3 Å². The molecule has 1 saturated heterocycles. The second-order valence-corrected chi connectivity index (χ2v) is 7.37. The van der Waals surface area contributed by atoms with Crippen molar-refractivity contribution in [3.63, 3.8) is 0 Å². The summed E-state index contributed by atoms with van der Waals surface area (Å²) in [5.41, 5.74) is 2.25. The minimum absolute atomic E-state index is 0.123. The van der Waals surface area contributed by atoms with Crippen LogP contribution in [0.2, 0.25) is 0 Å². The fourth-order valence-electron chi connectivity index (χ4n) is 3.78. The second kappa shape index (κ2) is 10.3. The van der Waals surface area contributed by atoms with Crippen LogP contribution in [0.25, 0.3) is 11.3 Å². The first-order valence-corrected chi connectivity index (χ1v) is 10.6. The van der Waals surface area contributed by atoms with Crippen LogP contribution in [0.4, 0.5) is 17.1 Å². The lowest BCUT2D eigenvalue weighted by Gasteiger charge is -2.30. The molecule has 1 aliphatic rings. The number of ether oxygens (including phenoxy) is 5. The standard InChI is InChI=1S/C23H27N5O6/c1-30-17-6-5-15(13-16(17)28-7-9-34-10-8-28)24-26-21-20(25-27-23(21)29)14-11-18(31-2)22(33-4)19(12-14)32-3/h5-6,11-13H,7-10H2,1-4H3,(H2,25,27,29). The number of azo groups is 1. The summed E-state index contributed by atoms with van der Waals surface area (Å²) in [6.07, 6.45) is 0. The van der Waals surface area contributed by atoms with Crippen molar-refractivity contribution in [1.29, 1.82) is 0 Å². The van der Waals surface area contributed by atoms with E-state index in [9.17, 15) is 4.79 Å². The number of rotatable bonds is 8. The van der Waals surface area contributed by atoms with E-state index in [-0.39, 0.29) is 5.69 Å². The van der Waals surface area contributed by atoms with E-state index in [0.29, 0.717) is 47.4 Å². The molecular formula is C23H27N5O6. The Morgan fingerprint density at radius 3 is 2.15 bits per heavy atom. The fraction of sp³-hybridized carbons (Fsp3) is 0.348. The van der Waals surface area contributed by atoms with Gasteiger partial charge in [-0.1, -0.05) is 0 Å². The maximum atomic E-state index is 12.5. The molecule has 34 heavy (non-hydrogen) atoms. The van der Waals surface area contributed by atoms with Gasteiger partial charge in [0.05, 0.1) is 58.7 Å². The summed E-state index contributed by atoms with van der Waals surface area (Å²) in [4.78, 5) is 14.7. The van der Waals surface area contributed by atoms with Crippen LogP contribution in [0.1, 0.15) is 0 Å². The number of nitrogens with zero attached hydrogens (tertiary/aromatic N) is 3. The number of aromatic nitrogens is 2. The Kier molecular flexibility index (Phi) is 7.02. The lowest BCUT2D eigenvalue weighted by molar-refractivity contribution is 0.122. The molecule has 3 aromatic rings. The Morgan fingerprint density at radius 1 is 0.853 bits per heavy atom. The minimum Gasteiger partial charge on any atom is -0.495 e. The predicted octanol–water partition coefficient (Wildman–Crippen LogP) is 3.66. The molecule has 0 unspecified atom stereocenters. The van der Waals surface area contributed by atoms with E-state index < -0.39 is 5.56 Å². The first kappa shape index (κ1) is 23.2. The first-order chi connectivity index (χ1) is 16.6. The smallest absolute Gasteiger partial charge is 0.292 e. The van der Waals surface area contributed by atoms with Gasteiger partial charge in [-0.3, -0.25) is 15.0 Å². The van der Waals surface area contributed by atoms with E-state index in [1.807, 2.05) is 12.1 Å². The van der Waals surface area contributed by atoms with Gasteiger partial charge < -0.3 is 28.6 Å². The summed E-state index contributed by atoms with van der Waals surface area (Å²) in [6, 6.07) is 8.95. The highest BCUT2D eigenvalue weighted by atomic mass is 16.5. The van der Waals surface area contributed by atoms with E-state index in [1.165, 1.54) is 21.3 Å². The number of H-pyrrole nitrogens is 2. The maximum Gasteiger partial charge on any atom is 0.292 e. The number of benzene rings is 2. The van der Waals surface area contributed by atoms with Gasteiger partial charge >= 0.3 is 0 Å². The van der Waals surface area contributed by atoms with Crippen molar-refractivity contribution in [2.75, 3.05) is 59.6 Å². The maximum absolute atomic E-state index is 12.5. The fourth-order valence-corrected chi connectivity index (χ4v) is 3.78. The molecule has 0 amide bonds. The molecule has 0 spiro atoms. The molecule has 1 aliphatic heterocycles. The molecule has 0 radical (unpaired) electrons. The van der Waals surface area contributed by atoms with Gasteiger partial charge in [0.1, 0.15) is 5.75 Å². The van der Waals surface area contributed by atoms with E-state index in [1.54, 1.807) is 25.3 Å². The summed E-state index contributed by atoms with van der Waals surface area (Å²) in [5.74, 6) is 2.08. The van der Waals surface area contributed by atoms with Crippen LogP contribution in [0.5, 0.6) is 23.0 Å². The predicted molar refractivity (Wildman–Crippen MR) is 127 cm³/mol. The summed E-state index contributed by atoms with van der Waals surface area (Å²) >= 11 is 0. The number of aromatic amines is 2. The summed E-state index contributed by atoms with van der Waals surface area (Å²) in [6.45, 7) is 2.79. The number of methoxy groups -OCH3 is 4. The number of morpholine rings is 1.